The highest BCUT2D eigenvalue weighted by molar-refractivity contribution is 5.49. The molecule has 0 aliphatic carbocycles. The molecule has 0 radical (unpaired) electrons. The van der Waals surface area contributed by atoms with Gasteiger partial charge in [-0.25, -0.2) is 0 Å². The van der Waals surface area contributed by atoms with Gasteiger partial charge in [0.1, 0.15) is 12.7 Å². The van der Waals surface area contributed by atoms with Crippen molar-refractivity contribution in [3.05, 3.63) is 65.7 Å². The number of hydrogen-bond donors (Lipinski definition) is 0. The highest BCUT2D eigenvalue weighted by Gasteiger charge is 2.21. The Labute approximate surface area is 176 Å². The number of hydrogen-bond acceptors (Lipinski definition) is 7. The molecule has 0 unspecified atom stereocenters. The first-order valence-corrected chi connectivity index (χ1v) is 10.3. The maximum absolute atomic E-state index is 11.2. The summed E-state index contributed by atoms with van der Waals surface area (Å²) in [6.45, 7) is 2.12. The highest BCUT2D eigenvalue weighted by Crippen LogP contribution is 2.17. The van der Waals surface area contributed by atoms with Gasteiger partial charge < -0.3 is 4.79 Å². The van der Waals surface area contributed by atoms with Crippen LogP contribution in [0.1, 0.15) is 84.0 Å². The minimum Gasteiger partial charge on any atom is -0.303 e. The number of carbonyl (C=O) groups excluding carboxylic acids is 1. The minimum atomic E-state index is -0.700. The van der Waals surface area contributed by atoms with Crippen LogP contribution in [0.4, 0.5) is 0 Å². The van der Waals surface area contributed by atoms with Gasteiger partial charge in [0.2, 0.25) is 5.70 Å². The lowest BCUT2D eigenvalue weighted by Gasteiger charge is -2.00. The zero-order valence-corrected chi connectivity index (χ0v) is 17.5. The average molecular weight is 425 g/mol. The standard InChI is InChI=1S/C20H31N3O7/c1-2-3-4-5-6-7-8-13-19(22(27)28)17-20(23(29)30)15-11-14-18(21(25)26)12-9-10-16-24/h13-16H,2-12,17H2,1H3/b18-14+,19-13+,20-15+. The molecule has 0 aliphatic rings. The van der Waals surface area contributed by atoms with Gasteiger partial charge in [-0.1, -0.05) is 39.0 Å². The molecule has 0 aromatic carbocycles. The van der Waals surface area contributed by atoms with Gasteiger partial charge in [-0.05, 0) is 43.9 Å². The van der Waals surface area contributed by atoms with E-state index < -0.39 is 21.2 Å². The van der Waals surface area contributed by atoms with Crippen LogP contribution in [0.2, 0.25) is 0 Å². The second-order valence-corrected chi connectivity index (χ2v) is 6.89. The molecule has 0 spiro atoms. The minimum absolute atomic E-state index is 0.0751. The number of allylic oxidation sites excluding steroid dienone is 4. The van der Waals surface area contributed by atoms with Crippen LogP contribution in [0.25, 0.3) is 0 Å². The highest BCUT2D eigenvalue weighted by atomic mass is 16.6. The van der Waals surface area contributed by atoms with Crippen LogP contribution in [0.3, 0.4) is 0 Å². The molecule has 0 aliphatic heterocycles. The largest absolute Gasteiger partial charge is 0.303 e. The lowest BCUT2D eigenvalue weighted by atomic mass is 10.1. The third-order valence-electron chi connectivity index (χ3n) is 4.47. The van der Waals surface area contributed by atoms with Crippen molar-refractivity contribution in [3.8, 4) is 0 Å². The first kappa shape index (κ1) is 27.1. The molecule has 0 heterocycles. The van der Waals surface area contributed by atoms with Gasteiger partial charge in [-0.3, -0.25) is 30.3 Å². The second kappa shape index (κ2) is 17.0. The molecule has 0 rings (SSSR count). The van der Waals surface area contributed by atoms with Crippen molar-refractivity contribution in [1.82, 2.24) is 0 Å². The summed E-state index contributed by atoms with van der Waals surface area (Å²) >= 11 is 0. The SMILES string of the molecule is CCCCCCCC/C=C(\C/C(=C\C/C=C(\CCCC=O)[N+](=O)[O-])[N+](=O)[O-])[N+](=O)[O-]. The van der Waals surface area contributed by atoms with Crippen LogP contribution in [-0.2, 0) is 4.79 Å². The van der Waals surface area contributed by atoms with Crippen LogP contribution in [0, 0.1) is 30.3 Å². The van der Waals surface area contributed by atoms with E-state index in [2.05, 4.69) is 6.92 Å². The lowest BCUT2D eigenvalue weighted by Crippen LogP contribution is -2.06. The van der Waals surface area contributed by atoms with Crippen LogP contribution in [0.15, 0.2) is 35.3 Å². The molecule has 30 heavy (non-hydrogen) atoms. The van der Waals surface area contributed by atoms with E-state index >= 15 is 0 Å². The summed E-state index contributed by atoms with van der Waals surface area (Å²) in [5, 5.41) is 33.5. The molecule has 168 valence electrons. The summed E-state index contributed by atoms with van der Waals surface area (Å²) < 4.78 is 0. The lowest BCUT2D eigenvalue weighted by molar-refractivity contribution is -0.450. The summed E-state index contributed by atoms with van der Waals surface area (Å²) in [5.74, 6) is 0. The van der Waals surface area contributed by atoms with Crippen LogP contribution in [-0.4, -0.2) is 21.1 Å². The molecule has 0 amide bonds. The average Bonchev–Trinajstić information content (AvgIpc) is 2.69. The Morgan fingerprint density at radius 3 is 1.80 bits per heavy atom. The van der Waals surface area contributed by atoms with E-state index in [1.807, 2.05) is 0 Å². The summed E-state index contributed by atoms with van der Waals surface area (Å²) in [5.41, 5.74) is -0.743. The Morgan fingerprint density at radius 1 is 0.700 bits per heavy atom. The van der Waals surface area contributed by atoms with Crippen molar-refractivity contribution >= 4 is 6.29 Å². The van der Waals surface area contributed by atoms with E-state index in [9.17, 15) is 35.1 Å². The van der Waals surface area contributed by atoms with E-state index in [-0.39, 0.29) is 36.4 Å². The van der Waals surface area contributed by atoms with Crippen molar-refractivity contribution in [3.63, 3.8) is 0 Å². The number of rotatable bonds is 18. The molecule has 0 saturated heterocycles. The Hall–Kier alpha value is -2.91. The predicted molar refractivity (Wildman–Crippen MR) is 112 cm³/mol. The third-order valence-corrected chi connectivity index (χ3v) is 4.47. The molecule has 0 saturated carbocycles. The van der Waals surface area contributed by atoms with Crippen LogP contribution >= 0.6 is 0 Å². The number of nitro groups is 3. The smallest absolute Gasteiger partial charge is 0.253 e. The first-order chi connectivity index (χ1) is 14.3. The second-order valence-electron chi connectivity index (χ2n) is 6.89. The molecule has 0 bridgehead atoms. The Balaban J connectivity index is 4.96. The molecule has 0 atom stereocenters. The first-order valence-electron chi connectivity index (χ1n) is 10.3. The Kier molecular flexibility index (Phi) is 15.3. The molecule has 0 N–H and O–H groups in total. The normalized spacial score (nSPS) is 12.6. The fourth-order valence-corrected chi connectivity index (χ4v) is 2.77. The Bertz CT molecular complexity index is 669. The van der Waals surface area contributed by atoms with Crippen molar-refractivity contribution in [2.24, 2.45) is 0 Å². The molecule has 0 aromatic rings. The molecular formula is C20H31N3O7. The molecular weight excluding hydrogens is 394 g/mol. The van der Waals surface area contributed by atoms with Crippen LogP contribution in [0.5, 0.6) is 0 Å². The van der Waals surface area contributed by atoms with Gasteiger partial charge in [0.05, 0.1) is 14.8 Å². The fraction of sp³-hybridized carbons (Fsp3) is 0.650. The van der Waals surface area contributed by atoms with Crippen molar-refractivity contribution in [1.29, 1.82) is 0 Å². The molecule has 0 fully saturated rings. The third kappa shape index (κ3) is 13.3. The maximum atomic E-state index is 11.2. The zero-order chi connectivity index (χ0) is 22.8. The number of carbonyl (C=O) groups is 1. The van der Waals surface area contributed by atoms with Crippen molar-refractivity contribution < 1.29 is 19.6 Å². The number of aldehydes is 1. The zero-order valence-electron chi connectivity index (χ0n) is 17.5. The van der Waals surface area contributed by atoms with E-state index in [4.69, 9.17) is 0 Å². The van der Waals surface area contributed by atoms with E-state index in [1.165, 1.54) is 12.2 Å². The monoisotopic (exact) mass is 425 g/mol. The number of nitrogens with zero attached hydrogens (tertiary/aromatic N) is 3. The fourth-order valence-electron chi connectivity index (χ4n) is 2.77. The topological polar surface area (TPSA) is 146 Å². The van der Waals surface area contributed by atoms with Gasteiger partial charge in [-0.15, -0.1) is 0 Å². The number of unbranched alkanes of at least 4 members (excludes halogenated alkanes) is 7. The quantitative estimate of drug-likeness (QED) is 0.124. The van der Waals surface area contributed by atoms with Crippen LogP contribution < -0.4 is 0 Å². The Morgan fingerprint density at radius 2 is 1.23 bits per heavy atom. The van der Waals surface area contributed by atoms with E-state index in [0.29, 0.717) is 19.1 Å². The van der Waals surface area contributed by atoms with Gasteiger partial charge in [0.25, 0.3) is 11.4 Å². The summed E-state index contributed by atoms with van der Waals surface area (Å²) in [6.07, 6.45) is 11.3. The molecule has 10 heteroatoms. The van der Waals surface area contributed by atoms with Gasteiger partial charge in [0.15, 0.2) is 0 Å². The van der Waals surface area contributed by atoms with Gasteiger partial charge >= 0.3 is 0 Å². The summed E-state index contributed by atoms with van der Waals surface area (Å²) in [7, 11) is 0. The van der Waals surface area contributed by atoms with Crippen molar-refractivity contribution in [2.45, 2.75) is 84.0 Å². The van der Waals surface area contributed by atoms with Gasteiger partial charge in [0, 0.05) is 12.8 Å². The maximum Gasteiger partial charge on any atom is 0.253 e. The summed E-state index contributed by atoms with van der Waals surface area (Å²) in [4.78, 5) is 41.9. The molecule has 10 nitrogen and oxygen atoms in total. The van der Waals surface area contributed by atoms with E-state index in [0.717, 1.165) is 44.6 Å². The predicted octanol–water partition coefficient (Wildman–Crippen LogP) is 5.37. The van der Waals surface area contributed by atoms with E-state index in [1.54, 1.807) is 0 Å². The summed E-state index contributed by atoms with van der Waals surface area (Å²) in [6, 6.07) is 0. The van der Waals surface area contributed by atoms with Gasteiger partial charge in [-0.2, -0.15) is 0 Å². The molecule has 0 aromatic heterocycles. The van der Waals surface area contributed by atoms with Crippen molar-refractivity contribution in [2.75, 3.05) is 0 Å².